The molecule has 0 aromatic heterocycles. The molecule has 0 saturated heterocycles. The first-order chi connectivity index (χ1) is 7.40. The van der Waals surface area contributed by atoms with Crippen molar-refractivity contribution in [3.8, 4) is 0 Å². The van der Waals surface area contributed by atoms with E-state index in [0.717, 1.165) is 0 Å². The summed E-state index contributed by atoms with van der Waals surface area (Å²) in [7, 11) is 0. The predicted octanol–water partition coefficient (Wildman–Crippen LogP) is -3.51. The summed E-state index contributed by atoms with van der Waals surface area (Å²) in [6.45, 7) is -0.0272. The second kappa shape index (κ2) is 7.49. The molecule has 0 aliphatic carbocycles. The van der Waals surface area contributed by atoms with Gasteiger partial charge in [0.05, 0.1) is 6.61 Å². The molecule has 8 nitrogen and oxygen atoms in total. The first-order valence-electron chi connectivity index (χ1n) is 4.61. The molecule has 96 valence electrons. The van der Waals surface area contributed by atoms with Gasteiger partial charge in [0.25, 0.3) is 0 Å². The number of amides is 1. The van der Waals surface area contributed by atoms with E-state index in [1.807, 2.05) is 5.48 Å². The van der Waals surface area contributed by atoms with Crippen LogP contribution in [0.5, 0.6) is 0 Å². The standard InChI is InChI=1S/C8H17NO7/c1-4(11)9-16-3-6(13)8(15)7(14)5(12)2-10/h5-8,10,12-15H,2-3H2,1H3,(H,9,11)/t5-,6-,7-,8-/m1/s1. The zero-order valence-electron chi connectivity index (χ0n) is 8.78. The monoisotopic (exact) mass is 239 g/mol. The maximum Gasteiger partial charge on any atom is 0.240 e. The number of hydrogen-bond acceptors (Lipinski definition) is 7. The van der Waals surface area contributed by atoms with Crippen LogP contribution in [0.1, 0.15) is 6.92 Å². The number of aliphatic hydroxyl groups excluding tert-OH is 5. The molecular formula is C8H17NO7. The molecule has 8 heteroatoms. The molecule has 4 atom stereocenters. The summed E-state index contributed by atoms with van der Waals surface area (Å²) < 4.78 is 0. The summed E-state index contributed by atoms with van der Waals surface area (Å²) in [5.41, 5.74) is 1.91. The molecule has 0 radical (unpaired) electrons. The van der Waals surface area contributed by atoms with Gasteiger partial charge in [0, 0.05) is 6.92 Å². The van der Waals surface area contributed by atoms with Crippen LogP contribution < -0.4 is 5.48 Å². The highest BCUT2D eigenvalue weighted by Crippen LogP contribution is 2.05. The molecule has 0 rings (SSSR count). The van der Waals surface area contributed by atoms with Gasteiger partial charge in [0.2, 0.25) is 5.91 Å². The molecule has 0 saturated carbocycles. The lowest BCUT2D eigenvalue weighted by Gasteiger charge is -2.25. The van der Waals surface area contributed by atoms with E-state index in [1.54, 1.807) is 0 Å². The van der Waals surface area contributed by atoms with Crippen LogP contribution in [0.4, 0.5) is 0 Å². The molecule has 0 aliphatic rings. The summed E-state index contributed by atoms with van der Waals surface area (Å²) >= 11 is 0. The van der Waals surface area contributed by atoms with Crippen LogP contribution in [-0.2, 0) is 9.63 Å². The van der Waals surface area contributed by atoms with Gasteiger partial charge in [-0.1, -0.05) is 0 Å². The molecular weight excluding hydrogens is 222 g/mol. The lowest BCUT2D eigenvalue weighted by atomic mass is 10.0. The quantitative estimate of drug-likeness (QED) is 0.253. The molecule has 0 bridgehead atoms. The average molecular weight is 239 g/mol. The van der Waals surface area contributed by atoms with Crippen molar-refractivity contribution in [3.05, 3.63) is 0 Å². The fraction of sp³-hybridized carbons (Fsp3) is 0.875. The smallest absolute Gasteiger partial charge is 0.240 e. The third-order valence-electron chi connectivity index (χ3n) is 1.80. The van der Waals surface area contributed by atoms with E-state index < -0.39 is 43.5 Å². The van der Waals surface area contributed by atoms with Crippen molar-refractivity contribution in [1.29, 1.82) is 0 Å². The van der Waals surface area contributed by atoms with Crippen LogP contribution in [0.15, 0.2) is 0 Å². The van der Waals surface area contributed by atoms with Crippen molar-refractivity contribution in [2.45, 2.75) is 31.3 Å². The Balaban J connectivity index is 3.97. The number of carbonyl (C=O) groups excluding carboxylic acids is 1. The summed E-state index contributed by atoms with van der Waals surface area (Å²) in [4.78, 5) is 14.9. The Morgan fingerprint density at radius 2 is 1.69 bits per heavy atom. The van der Waals surface area contributed by atoms with E-state index in [-0.39, 0.29) is 0 Å². The van der Waals surface area contributed by atoms with Crippen molar-refractivity contribution in [3.63, 3.8) is 0 Å². The number of aliphatic hydroxyl groups is 5. The van der Waals surface area contributed by atoms with Crippen molar-refractivity contribution in [2.75, 3.05) is 13.2 Å². The fourth-order valence-electron chi connectivity index (χ4n) is 0.890. The molecule has 0 spiro atoms. The van der Waals surface area contributed by atoms with Crippen molar-refractivity contribution in [1.82, 2.24) is 5.48 Å². The van der Waals surface area contributed by atoms with Crippen molar-refractivity contribution >= 4 is 5.91 Å². The second-order valence-corrected chi connectivity index (χ2v) is 3.27. The Morgan fingerprint density at radius 3 is 2.12 bits per heavy atom. The van der Waals surface area contributed by atoms with E-state index in [2.05, 4.69) is 4.84 Å². The van der Waals surface area contributed by atoms with Crippen LogP contribution in [0, 0.1) is 0 Å². The third-order valence-corrected chi connectivity index (χ3v) is 1.80. The Kier molecular flexibility index (Phi) is 7.13. The first kappa shape index (κ1) is 15.2. The second-order valence-electron chi connectivity index (χ2n) is 3.27. The van der Waals surface area contributed by atoms with E-state index in [1.165, 1.54) is 6.92 Å². The van der Waals surface area contributed by atoms with Gasteiger partial charge in [-0.25, -0.2) is 5.48 Å². The van der Waals surface area contributed by atoms with Crippen molar-refractivity contribution < 1.29 is 35.2 Å². The van der Waals surface area contributed by atoms with Crippen molar-refractivity contribution in [2.24, 2.45) is 0 Å². The molecule has 0 fully saturated rings. The highest BCUT2D eigenvalue weighted by Gasteiger charge is 2.30. The van der Waals surface area contributed by atoms with Gasteiger partial charge in [0.1, 0.15) is 31.0 Å². The minimum absolute atomic E-state index is 0.462. The van der Waals surface area contributed by atoms with Crippen LogP contribution >= 0.6 is 0 Å². The topological polar surface area (TPSA) is 139 Å². The van der Waals surface area contributed by atoms with Crippen LogP contribution in [0.2, 0.25) is 0 Å². The van der Waals surface area contributed by atoms with Gasteiger partial charge in [0.15, 0.2) is 0 Å². The normalized spacial score (nSPS) is 18.6. The van der Waals surface area contributed by atoms with Gasteiger partial charge in [-0.3, -0.25) is 9.63 Å². The van der Waals surface area contributed by atoms with Gasteiger partial charge in [-0.05, 0) is 0 Å². The SMILES string of the molecule is CC(=O)NOC[C@@H](O)[C@@H](O)[C@H](O)[C@H](O)CO. The highest BCUT2D eigenvalue weighted by atomic mass is 16.7. The highest BCUT2D eigenvalue weighted by molar-refractivity contribution is 5.71. The molecule has 1 amide bonds. The van der Waals surface area contributed by atoms with Gasteiger partial charge < -0.3 is 25.5 Å². The van der Waals surface area contributed by atoms with Gasteiger partial charge in [-0.2, -0.15) is 0 Å². The van der Waals surface area contributed by atoms with Gasteiger partial charge >= 0.3 is 0 Å². The Morgan fingerprint density at radius 1 is 1.19 bits per heavy atom. The van der Waals surface area contributed by atoms with Gasteiger partial charge in [-0.15, -0.1) is 0 Å². The first-order valence-corrected chi connectivity index (χ1v) is 4.61. The zero-order chi connectivity index (χ0) is 12.7. The maximum absolute atomic E-state index is 10.4. The molecule has 0 aliphatic heterocycles. The van der Waals surface area contributed by atoms with E-state index in [0.29, 0.717) is 0 Å². The number of rotatable bonds is 7. The Hall–Kier alpha value is -0.770. The minimum Gasteiger partial charge on any atom is -0.394 e. The number of hydroxylamine groups is 1. The maximum atomic E-state index is 10.4. The summed E-state index contributed by atoms with van der Waals surface area (Å²) in [5.74, 6) is -0.488. The number of carbonyl (C=O) groups is 1. The number of hydrogen-bond donors (Lipinski definition) is 6. The molecule has 0 unspecified atom stereocenters. The molecule has 0 aromatic carbocycles. The molecule has 6 N–H and O–H groups in total. The average Bonchev–Trinajstić information content (AvgIpc) is 2.25. The third kappa shape index (κ3) is 5.35. The van der Waals surface area contributed by atoms with Crippen LogP contribution in [0.25, 0.3) is 0 Å². The Bertz CT molecular complexity index is 213. The largest absolute Gasteiger partial charge is 0.394 e. The van der Waals surface area contributed by atoms with Crippen LogP contribution in [0.3, 0.4) is 0 Å². The van der Waals surface area contributed by atoms with Crippen LogP contribution in [-0.4, -0.2) is 69.1 Å². The lowest BCUT2D eigenvalue weighted by molar-refractivity contribution is -0.148. The summed E-state index contributed by atoms with van der Waals surface area (Å²) in [5, 5.41) is 45.2. The molecule has 0 heterocycles. The minimum atomic E-state index is -1.71. The van der Waals surface area contributed by atoms with E-state index >= 15 is 0 Å². The zero-order valence-corrected chi connectivity index (χ0v) is 8.78. The summed E-state index contributed by atoms with van der Waals surface area (Å²) in [6, 6.07) is 0. The Labute approximate surface area is 92.0 Å². The lowest BCUT2D eigenvalue weighted by Crippen LogP contribution is -2.48. The fourth-order valence-corrected chi connectivity index (χ4v) is 0.890. The summed E-state index contributed by atoms with van der Waals surface area (Å²) in [6.07, 6.45) is -6.48. The predicted molar refractivity (Wildman–Crippen MR) is 50.9 cm³/mol. The van der Waals surface area contributed by atoms with E-state index in [4.69, 9.17) is 10.2 Å². The molecule has 16 heavy (non-hydrogen) atoms. The van der Waals surface area contributed by atoms with E-state index in [9.17, 15) is 20.1 Å². The number of nitrogens with one attached hydrogen (secondary N) is 1. The molecule has 0 aromatic rings.